The van der Waals surface area contributed by atoms with Crippen molar-refractivity contribution in [2.24, 2.45) is 0 Å². The molecule has 0 aliphatic rings. The molecule has 0 heterocycles. The first-order valence-corrected chi connectivity index (χ1v) is 5.82. The fraction of sp³-hybridized carbons (Fsp3) is 0.200. The molecular formula is C10H10BrClN2O3. The highest BCUT2D eigenvalue weighted by molar-refractivity contribution is 9.10. The van der Waals surface area contributed by atoms with Crippen LogP contribution >= 0.6 is 27.5 Å². The van der Waals surface area contributed by atoms with E-state index in [9.17, 15) is 9.59 Å². The summed E-state index contributed by atoms with van der Waals surface area (Å²) in [6.45, 7) is 1.37. The molecule has 7 heteroatoms. The molecule has 0 spiro atoms. The second kappa shape index (κ2) is 5.88. The number of aliphatic carboxylic acids is 1. The van der Waals surface area contributed by atoms with Gasteiger partial charge in [-0.1, -0.05) is 27.5 Å². The lowest BCUT2D eigenvalue weighted by atomic mass is 10.3. The van der Waals surface area contributed by atoms with E-state index in [0.29, 0.717) is 10.7 Å². The van der Waals surface area contributed by atoms with E-state index in [-0.39, 0.29) is 0 Å². The van der Waals surface area contributed by atoms with Gasteiger partial charge in [-0.3, -0.25) is 4.79 Å². The van der Waals surface area contributed by atoms with E-state index in [4.69, 9.17) is 16.7 Å². The van der Waals surface area contributed by atoms with Crippen LogP contribution in [0, 0.1) is 0 Å². The number of hydrogen-bond acceptors (Lipinski definition) is 2. The number of anilines is 1. The SMILES string of the molecule is CC(NC(=O)Nc1ccc(Br)cc1Cl)C(=O)O. The van der Waals surface area contributed by atoms with Crippen molar-refractivity contribution in [3.05, 3.63) is 27.7 Å². The molecule has 0 aliphatic carbocycles. The smallest absolute Gasteiger partial charge is 0.325 e. The molecule has 0 aliphatic heterocycles. The Hall–Kier alpha value is -1.27. The van der Waals surface area contributed by atoms with Gasteiger partial charge in [-0.25, -0.2) is 4.79 Å². The largest absolute Gasteiger partial charge is 0.480 e. The van der Waals surface area contributed by atoms with Crippen LogP contribution in [0.4, 0.5) is 10.5 Å². The van der Waals surface area contributed by atoms with Crippen molar-refractivity contribution in [3.63, 3.8) is 0 Å². The molecule has 0 aromatic heterocycles. The van der Waals surface area contributed by atoms with Gasteiger partial charge in [0, 0.05) is 4.47 Å². The molecule has 1 unspecified atom stereocenters. The zero-order chi connectivity index (χ0) is 13.0. The monoisotopic (exact) mass is 320 g/mol. The Morgan fingerprint density at radius 3 is 2.65 bits per heavy atom. The molecule has 2 amide bonds. The molecule has 0 fully saturated rings. The number of rotatable bonds is 3. The van der Waals surface area contributed by atoms with E-state index >= 15 is 0 Å². The van der Waals surface area contributed by atoms with Crippen LogP contribution in [-0.4, -0.2) is 23.1 Å². The van der Waals surface area contributed by atoms with Crippen molar-refractivity contribution in [1.82, 2.24) is 5.32 Å². The highest BCUT2D eigenvalue weighted by Gasteiger charge is 2.14. The number of hydrogen-bond donors (Lipinski definition) is 3. The first-order chi connectivity index (χ1) is 7.90. The average Bonchev–Trinajstić information content (AvgIpc) is 2.22. The lowest BCUT2D eigenvalue weighted by Gasteiger charge is -2.11. The Morgan fingerprint density at radius 1 is 1.47 bits per heavy atom. The zero-order valence-electron chi connectivity index (χ0n) is 8.83. The fourth-order valence-corrected chi connectivity index (χ4v) is 1.73. The van der Waals surface area contributed by atoms with E-state index in [2.05, 4.69) is 26.6 Å². The summed E-state index contributed by atoms with van der Waals surface area (Å²) in [5.74, 6) is -1.11. The van der Waals surface area contributed by atoms with Crippen LogP contribution in [0.2, 0.25) is 5.02 Å². The summed E-state index contributed by atoms with van der Waals surface area (Å²) in [6.07, 6.45) is 0. The molecule has 0 saturated heterocycles. The van der Waals surface area contributed by atoms with Crippen molar-refractivity contribution < 1.29 is 14.7 Å². The second-order valence-corrected chi connectivity index (χ2v) is 4.61. The van der Waals surface area contributed by atoms with Gasteiger partial charge < -0.3 is 15.7 Å². The van der Waals surface area contributed by atoms with E-state index < -0.39 is 18.0 Å². The fourth-order valence-electron chi connectivity index (χ4n) is 1.01. The lowest BCUT2D eigenvalue weighted by molar-refractivity contribution is -0.138. The van der Waals surface area contributed by atoms with Gasteiger partial charge in [0.2, 0.25) is 0 Å². The summed E-state index contributed by atoms with van der Waals surface area (Å²) in [4.78, 5) is 21.9. The second-order valence-electron chi connectivity index (χ2n) is 3.28. The summed E-state index contributed by atoms with van der Waals surface area (Å²) < 4.78 is 0.785. The predicted octanol–water partition coefficient (Wildman–Crippen LogP) is 2.70. The predicted molar refractivity (Wildman–Crippen MR) is 68.4 cm³/mol. The summed E-state index contributed by atoms with van der Waals surface area (Å²) >= 11 is 9.12. The Kier molecular flexibility index (Phi) is 4.77. The van der Waals surface area contributed by atoms with Crippen molar-refractivity contribution in [2.45, 2.75) is 13.0 Å². The van der Waals surface area contributed by atoms with E-state index in [1.807, 2.05) is 0 Å². The van der Waals surface area contributed by atoms with Gasteiger partial charge in [-0.05, 0) is 25.1 Å². The van der Waals surface area contributed by atoms with Crippen LogP contribution in [0.15, 0.2) is 22.7 Å². The number of carbonyl (C=O) groups excluding carboxylic acids is 1. The summed E-state index contributed by atoms with van der Waals surface area (Å²) in [5, 5.41) is 13.7. The average molecular weight is 322 g/mol. The molecule has 0 radical (unpaired) electrons. The van der Waals surface area contributed by atoms with Crippen molar-refractivity contribution >= 4 is 45.2 Å². The molecule has 17 heavy (non-hydrogen) atoms. The third-order valence-electron chi connectivity index (χ3n) is 1.90. The van der Waals surface area contributed by atoms with Gasteiger partial charge >= 0.3 is 12.0 Å². The molecule has 1 aromatic rings. The van der Waals surface area contributed by atoms with Gasteiger partial charge in [0.05, 0.1) is 10.7 Å². The summed E-state index contributed by atoms with van der Waals surface area (Å²) in [7, 11) is 0. The van der Waals surface area contributed by atoms with E-state index in [0.717, 1.165) is 4.47 Å². The quantitative estimate of drug-likeness (QED) is 0.801. The van der Waals surface area contributed by atoms with Crippen LogP contribution in [0.5, 0.6) is 0 Å². The van der Waals surface area contributed by atoms with Crippen molar-refractivity contribution in [1.29, 1.82) is 0 Å². The Morgan fingerprint density at radius 2 is 2.12 bits per heavy atom. The minimum absolute atomic E-state index is 0.359. The highest BCUT2D eigenvalue weighted by Crippen LogP contribution is 2.25. The Labute approximate surface area is 111 Å². The maximum absolute atomic E-state index is 11.4. The highest BCUT2D eigenvalue weighted by atomic mass is 79.9. The maximum atomic E-state index is 11.4. The molecule has 0 saturated carbocycles. The number of amides is 2. The van der Waals surface area contributed by atoms with Gasteiger partial charge in [0.25, 0.3) is 0 Å². The molecule has 92 valence electrons. The number of halogens is 2. The maximum Gasteiger partial charge on any atom is 0.325 e. The molecule has 1 aromatic carbocycles. The standard InChI is InChI=1S/C10H10BrClN2O3/c1-5(9(15)16)13-10(17)14-8-3-2-6(11)4-7(8)12/h2-5H,1H3,(H,15,16)(H2,13,14,17). The minimum atomic E-state index is -1.11. The third kappa shape index (κ3) is 4.24. The lowest BCUT2D eigenvalue weighted by Crippen LogP contribution is -2.40. The van der Waals surface area contributed by atoms with Crippen LogP contribution in [0.25, 0.3) is 0 Å². The number of carboxylic acids is 1. The molecule has 5 nitrogen and oxygen atoms in total. The normalized spacial score (nSPS) is 11.7. The minimum Gasteiger partial charge on any atom is -0.480 e. The van der Waals surface area contributed by atoms with Gasteiger partial charge in [-0.2, -0.15) is 0 Å². The first kappa shape index (κ1) is 13.8. The zero-order valence-corrected chi connectivity index (χ0v) is 11.2. The van der Waals surface area contributed by atoms with E-state index in [1.54, 1.807) is 18.2 Å². The van der Waals surface area contributed by atoms with E-state index in [1.165, 1.54) is 6.92 Å². The van der Waals surface area contributed by atoms with Crippen LogP contribution < -0.4 is 10.6 Å². The van der Waals surface area contributed by atoms with Crippen LogP contribution in [0.3, 0.4) is 0 Å². The first-order valence-electron chi connectivity index (χ1n) is 4.65. The molecular weight excluding hydrogens is 311 g/mol. The summed E-state index contributed by atoms with van der Waals surface area (Å²) in [6, 6.07) is 3.35. The molecule has 1 atom stereocenters. The number of benzene rings is 1. The van der Waals surface area contributed by atoms with Crippen molar-refractivity contribution in [2.75, 3.05) is 5.32 Å². The molecule has 1 rings (SSSR count). The molecule has 3 N–H and O–H groups in total. The summed E-state index contributed by atoms with van der Waals surface area (Å²) in [5.41, 5.74) is 0.407. The number of urea groups is 1. The topological polar surface area (TPSA) is 78.4 Å². The van der Waals surface area contributed by atoms with Crippen molar-refractivity contribution in [3.8, 4) is 0 Å². The van der Waals surface area contributed by atoms with Crippen LogP contribution in [0.1, 0.15) is 6.92 Å². The Balaban J connectivity index is 2.65. The number of carbonyl (C=O) groups is 2. The van der Waals surface area contributed by atoms with Crippen LogP contribution in [-0.2, 0) is 4.79 Å². The number of carboxylic acid groups (broad SMARTS) is 1. The van der Waals surface area contributed by atoms with Gasteiger partial charge in [0.1, 0.15) is 6.04 Å². The van der Waals surface area contributed by atoms with Gasteiger partial charge in [0.15, 0.2) is 0 Å². The van der Waals surface area contributed by atoms with Gasteiger partial charge in [-0.15, -0.1) is 0 Å². The number of nitrogens with one attached hydrogen (secondary N) is 2. The third-order valence-corrected chi connectivity index (χ3v) is 2.70. The molecule has 0 bridgehead atoms. The Bertz CT molecular complexity index is 453.